The summed E-state index contributed by atoms with van der Waals surface area (Å²) in [6.45, 7) is 2.11. The lowest BCUT2D eigenvalue weighted by atomic mass is 9.83. The maximum atomic E-state index is 12.0. The Morgan fingerprint density at radius 1 is 1.41 bits per heavy atom. The number of pyridine rings is 1. The molecule has 1 aromatic rings. The minimum Gasteiger partial charge on any atom is -0.346 e. The Bertz CT molecular complexity index is 414. The van der Waals surface area contributed by atoms with Crippen LogP contribution in [-0.2, 0) is 0 Å². The van der Waals surface area contributed by atoms with Crippen LogP contribution in [0.1, 0.15) is 49.5 Å². The fourth-order valence-electron chi connectivity index (χ4n) is 2.32. The molecule has 17 heavy (non-hydrogen) atoms. The van der Waals surface area contributed by atoms with Gasteiger partial charge in [0.1, 0.15) is 5.69 Å². The highest BCUT2D eigenvalue weighted by molar-refractivity contribution is 6.30. The molecule has 1 saturated carbocycles. The summed E-state index contributed by atoms with van der Waals surface area (Å²) >= 11 is 5.85. The fraction of sp³-hybridized carbons (Fsp3) is 0.538. The first-order valence-corrected chi connectivity index (χ1v) is 6.41. The third kappa shape index (κ3) is 3.19. The summed E-state index contributed by atoms with van der Waals surface area (Å²) in [5, 5.41) is 3.62. The highest BCUT2D eigenvalue weighted by atomic mass is 35.5. The average molecular weight is 253 g/mol. The molecule has 0 bridgehead atoms. The van der Waals surface area contributed by atoms with E-state index in [1.54, 1.807) is 18.3 Å². The molecule has 1 aromatic heterocycles. The van der Waals surface area contributed by atoms with E-state index in [0.29, 0.717) is 10.7 Å². The Kier molecular flexibility index (Phi) is 3.67. The van der Waals surface area contributed by atoms with Crippen LogP contribution in [0.4, 0.5) is 0 Å². The van der Waals surface area contributed by atoms with Gasteiger partial charge < -0.3 is 5.32 Å². The summed E-state index contributed by atoms with van der Waals surface area (Å²) in [7, 11) is 0. The van der Waals surface area contributed by atoms with Crippen molar-refractivity contribution in [2.45, 2.75) is 44.6 Å². The predicted octanol–water partition coefficient (Wildman–Crippen LogP) is 3.19. The molecular formula is C13H17ClN2O. The first-order chi connectivity index (χ1) is 8.09. The lowest BCUT2D eigenvalue weighted by Gasteiger charge is -2.34. The van der Waals surface area contributed by atoms with Crippen LogP contribution < -0.4 is 5.32 Å². The Balaban J connectivity index is 2.06. The van der Waals surface area contributed by atoms with Gasteiger partial charge in [-0.2, -0.15) is 0 Å². The van der Waals surface area contributed by atoms with Crippen LogP contribution in [0.3, 0.4) is 0 Å². The molecule has 1 N–H and O–H groups in total. The molecule has 2 rings (SSSR count). The number of hydrogen-bond acceptors (Lipinski definition) is 2. The summed E-state index contributed by atoms with van der Waals surface area (Å²) in [6, 6.07) is 3.27. The zero-order valence-electron chi connectivity index (χ0n) is 10.0. The average Bonchev–Trinajstić information content (AvgIpc) is 2.29. The standard InChI is InChI=1S/C13H17ClN2O/c1-13(6-3-2-4-7-13)16-12(17)11-9-10(14)5-8-15-11/h5,8-9H,2-4,6-7H2,1H3,(H,16,17). The molecule has 0 saturated heterocycles. The molecule has 4 heteroatoms. The number of carbonyl (C=O) groups is 1. The molecule has 0 aromatic carbocycles. The third-order valence-corrected chi connectivity index (χ3v) is 3.56. The maximum Gasteiger partial charge on any atom is 0.270 e. The van der Waals surface area contributed by atoms with Crippen LogP contribution in [0, 0.1) is 0 Å². The van der Waals surface area contributed by atoms with E-state index in [1.165, 1.54) is 19.3 Å². The van der Waals surface area contributed by atoms with Gasteiger partial charge in [-0.05, 0) is 31.9 Å². The number of carbonyl (C=O) groups excluding carboxylic acids is 1. The van der Waals surface area contributed by atoms with E-state index < -0.39 is 0 Å². The summed E-state index contributed by atoms with van der Waals surface area (Å²) in [5.41, 5.74) is 0.309. The number of aromatic nitrogens is 1. The normalized spacial score (nSPS) is 18.7. The highest BCUT2D eigenvalue weighted by Crippen LogP contribution is 2.27. The van der Waals surface area contributed by atoms with E-state index in [2.05, 4.69) is 17.2 Å². The summed E-state index contributed by atoms with van der Waals surface area (Å²) < 4.78 is 0. The predicted molar refractivity (Wildman–Crippen MR) is 68.2 cm³/mol. The molecule has 3 nitrogen and oxygen atoms in total. The van der Waals surface area contributed by atoms with Crippen LogP contribution in [0.2, 0.25) is 5.02 Å². The van der Waals surface area contributed by atoms with Crippen molar-refractivity contribution in [3.8, 4) is 0 Å². The van der Waals surface area contributed by atoms with Crippen LogP contribution in [0.5, 0.6) is 0 Å². The smallest absolute Gasteiger partial charge is 0.270 e. The summed E-state index contributed by atoms with van der Waals surface area (Å²) in [4.78, 5) is 16.1. The van der Waals surface area contributed by atoms with E-state index >= 15 is 0 Å². The van der Waals surface area contributed by atoms with Gasteiger partial charge in [-0.15, -0.1) is 0 Å². The number of rotatable bonds is 2. The van der Waals surface area contributed by atoms with E-state index in [4.69, 9.17) is 11.6 Å². The Morgan fingerprint density at radius 3 is 2.76 bits per heavy atom. The van der Waals surface area contributed by atoms with Gasteiger partial charge in [0, 0.05) is 16.8 Å². The van der Waals surface area contributed by atoms with Crippen LogP contribution in [-0.4, -0.2) is 16.4 Å². The van der Waals surface area contributed by atoms with Crippen molar-refractivity contribution in [1.29, 1.82) is 0 Å². The molecule has 1 heterocycles. The van der Waals surface area contributed by atoms with Gasteiger partial charge in [-0.3, -0.25) is 9.78 Å². The van der Waals surface area contributed by atoms with Crippen molar-refractivity contribution in [3.63, 3.8) is 0 Å². The molecule has 1 aliphatic carbocycles. The minimum absolute atomic E-state index is 0.0840. The lowest BCUT2D eigenvalue weighted by molar-refractivity contribution is 0.0877. The van der Waals surface area contributed by atoms with Gasteiger partial charge >= 0.3 is 0 Å². The van der Waals surface area contributed by atoms with Crippen LogP contribution in [0.25, 0.3) is 0 Å². The first kappa shape index (κ1) is 12.4. The van der Waals surface area contributed by atoms with E-state index in [9.17, 15) is 4.79 Å². The van der Waals surface area contributed by atoms with Crippen molar-refractivity contribution in [2.24, 2.45) is 0 Å². The Labute approximate surface area is 107 Å². The highest BCUT2D eigenvalue weighted by Gasteiger charge is 2.28. The third-order valence-electron chi connectivity index (χ3n) is 3.33. The molecule has 1 fully saturated rings. The zero-order valence-corrected chi connectivity index (χ0v) is 10.8. The van der Waals surface area contributed by atoms with Gasteiger partial charge in [-0.1, -0.05) is 30.9 Å². The molecule has 0 atom stereocenters. The monoisotopic (exact) mass is 252 g/mol. The molecule has 0 aliphatic heterocycles. The van der Waals surface area contributed by atoms with Gasteiger partial charge in [-0.25, -0.2) is 0 Å². The van der Waals surface area contributed by atoms with Crippen LogP contribution >= 0.6 is 11.6 Å². The quantitative estimate of drug-likeness (QED) is 0.878. The summed E-state index contributed by atoms with van der Waals surface area (Å²) in [6.07, 6.45) is 7.26. The Hall–Kier alpha value is -1.09. The van der Waals surface area contributed by atoms with Gasteiger partial charge in [0.15, 0.2) is 0 Å². The number of nitrogens with zero attached hydrogens (tertiary/aromatic N) is 1. The fourth-order valence-corrected chi connectivity index (χ4v) is 2.48. The van der Waals surface area contributed by atoms with Crippen molar-refractivity contribution >= 4 is 17.5 Å². The molecule has 1 amide bonds. The molecular weight excluding hydrogens is 236 g/mol. The zero-order chi connectivity index (χ0) is 12.3. The maximum absolute atomic E-state index is 12.0. The SMILES string of the molecule is CC1(NC(=O)c2cc(Cl)ccn2)CCCCC1. The molecule has 1 aliphatic rings. The number of halogens is 1. The number of amides is 1. The second-order valence-electron chi connectivity index (χ2n) is 4.93. The van der Waals surface area contributed by atoms with E-state index in [-0.39, 0.29) is 11.4 Å². The molecule has 0 spiro atoms. The van der Waals surface area contributed by atoms with Gasteiger partial charge in [0.2, 0.25) is 0 Å². The topological polar surface area (TPSA) is 42.0 Å². The van der Waals surface area contributed by atoms with E-state index in [1.807, 2.05) is 0 Å². The number of hydrogen-bond donors (Lipinski definition) is 1. The second-order valence-corrected chi connectivity index (χ2v) is 5.37. The second kappa shape index (κ2) is 5.05. The van der Waals surface area contributed by atoms with Crippen molar-refractivity contribution in [3.05, 3.63) is 29.0 Å². The Morgan fingerprint density at radius 2 is 2.12 bits per heavy atom. The minimum atomic E-state index is -0.128. The van der Waals surface area contributed by atoms with Crippen molar-refractivity contribution in [1.82, 2.24) is 10.3 Å². The molecule has 0 unspecified atom stereocenters. The van der Waals surface area contributed by atoms with Crippen LogP contribution in [0.15, 0.2) is 18.3 Å². The molecule has 0 radical (unpaired) electrons. The van der Waals surface area contributed by atoms with Gasteiger partial charge in [0.25, 0.3) is 5.91 Å². The lowest BCUT2D eigenvalue weighted by Crippen LogP contribution is -2.47. The van der Waals surface area contributed by atoms with E-state index in [0.717, 1.165) is 12.8 Å². The first-order valence-electron chi connectivity index (χ1n) is 6.03. The molecule has 92 valence electrons. The van der Waals surface area contributed by atoms with Gasteiger partial charge in [0.05, 0.1) is 0 Å². The summed E-state index contributed by atoms with van der Waals surface area (Å²) in [5.74, 6) is -0.128. The van der Waals surface area contributed by atoms with Crippen molar-refractivity contribution in [2.75, 3.05) is 0 Å². The largest absolute Gasteiger partial charge is 0.346 e. The number of nitrogens with one attached hydrogen (secondary N) is 1. The van der Waals surface area contributed by atoms with Crippen molar-refractivity contribution < 1.29 is 4.79 Å².